The molecule has 1 unspecified atom stereocenters. The van der Waals surface area contributed by atoms with E-state index in [2.05, 4.69) is 32.6 Å². The van der Waals surface area contributed by atoms with Crippen molar-refractivity contribution in [3.63, 3.8) is 0 Å². The summed E-state index contributed by atoms with van der Waals surface area (Å²) < 4.78 is 0. The second-order valence-corrected chi connectivity index (χ2v) is 4.70. The van der Waals surface area contributed by atoms with E-state index >= 15 is 0 Å². The molecule has 6 heteroatoms. The summed E-state index contributed by atoms with van der Waals surface area (Å²) in [6, 6.07) is 12.1. The van der Waals surface area contributed by atoms with Crippen molar-refractivity contribution in [3.05, 3.63) is 53.7 Å². The smallest absolute Gasteiger partial charge is 0.134 e. The van der Waals surface area contributed by atoms with Gasteiger partial charge in [0.05, 0.1) is 11.4 Å². The molecule has 2 heterocycles. The van der Waals surface area contributed by atoms with Crippen LogP contribution < -0.4 is 10.6 Å². The average Bonchev–Trinajstić information content (AvgIpc) is 2.98. The lowest BCUT2D eigenvalue weighted by atomic mass is 10.2. The minimum atomic E-state index is -0.0873. The largest absolute Gasteiger partial charge is 0.314 e. The molecular weight excluding hydrogens is 312 g/mol. The molecule has 1 atom stereocenters. The predicted molar refractivity (Wildman–Crippen MR) is 81.4 cm³/mol. The number of nitrogens with zero attached hydrogens (tertiary/aromatic N) is 2. The zero-order valence-electron chi connectivity index (χ0n) is 9.48. The fourth-order valence-electron chi connectivity index (χ4n) is 1.86. The molecule has 0 spiro atoms. The van der Waals surface area contributed by atoms with Crippen LogP contribution in [-0.2, 0) is 0 Å². The van der Waals surface area contributed by atoms with Crippen LogP contribution in [0.15, 0.2) is 48.0 Å². The molecule has 94 valence electrons. The number of H-pyrrole nitrogens is 1. The average molecular weight is 325 g/mol. The number of aromatic nitrogens is 2. The van der Waals surface area contributed by atoms with Gasteiger partial charge >= 0.3 is 0 Å². The van der Waals surface area contributed by atoms with Gasteiger partial charge in [0.2, 0.25) is 0 Å². The van der Waals surface area contributed by atoms with E-state index in [1.165, 1.54) is 0 Å². The summed E-state index contributed by atoms with van der Waals surface area (Å²) in [5.41, 5.74) is 9.15. The molecule has 2 aromatic rings. The molecule has 0 saturated carbocycles. The molecule has 0 aliphatic carbocycles. The quantitative estimate of drug-likeness (QED) is 0.891. The van der Waals surface area contributed by atoms with Crippen LogP contribution in [0, 0.1) is 0 Å². The minimum absolute atomic E-state index is 0. The highest BCUT2D eigenvalue weighted by Crippen LogP contribution is 2.37. The number of nitrogens with two attached hydrogens (primary N) is 1. The van der Waals surface area contributed by atoms with E-state index in [-0.39, 0.29) is 22.5 Å². The van der Waals surface area contributed by atoms with Gasteiger partial charge in [-0.25, -0.2) is 0 Å². The number of halogens is 1. The Hall–Kier alpha value is -1.24. The van der Waals surface area contributed by atoms with E-state index in [1.54, 1.807) is 18.0 Å². The van der Waals surface area contributed by atoms with Gasteiger partial charge in [0.1, 0.15) is 5.50 Å². The fraction of sp³-hybridized carbons (Fsp3) is 0.0833. The van der Waals surface area contributed by atoms with Crippen molar-refractivity contribution < 1.29 is 0 Å². The molecule has 1 aromatic carbocycles. The highest BCUT2D eigenvalue weighted by atomic mass is 79.9. The molecule has 18 heavy (non-hydrogen) atoms. The zero-order valence-corrected chi connectivity index (χ0v) is 12.0. The van der Waals surface area contributed by atoms with Gasteiger partial charge in [0.15, 0.2) is 0 Å². The Bertz CT molecular complexity index is 526. The van der Waals surface area contributed by atoms with Crippen molar-refractivity contribution >= 4 is 40.1 Å². The van der Waals surface area contributed by atoms with E-state index in [9.17, 15) is 0 Å². The first kappa shape index (κ1) is 13.2. The number of hydrogen-bond acceptors (Lipinski definition) is 4. The van der Waals surface area contributed by atoms with Gasteiger partial charge < -0.3 is 10.6 Å². The summed E-state index contributed by atoms with van der Waals surface area (Å²) >= 11 is 1.60. The third-order valence-electron chi connectivity index (χ3n) is 2.64. The normalized spacial score (nSPS) is 18.4. The van der Waals surface area contributed by atoms with Crippen LogP contribution in [0.3, 0.4) is 0 Å². The Kier molecular flexibility index (Phi) is 4.11. The molecule has 0 fully saturated rings. The highest BCUT2D eigenvalue weighted by Gasteiger charge is 2.26. The third-order valence-corrected chi connectivity index (χ3v) is 3.49. The Morgan fingerprint density at radius 3 is 2.67 bits per heavy atom. The van der Waals surface area contributed by atoms with E-state index in [1.807, 2.05) is 24.3 Å². The van der Waals surface area contributed by atoms with Crippen LogP contribution in [0.5, 0.6) is 0 Å². The van der Waals surface area contributed by atoms with E-state index in [0.29, 0.717) is 0 Å². The van der Waals surface area contributed by atoms with Crippen LogP contribution in [-0.4, -0.2) is 15.7 Å². The standard InChI is InChI=1S/C12H12N4S.BrH/c13-12-16(9-4-2-1-3-5-9)11(8-17-12)10-6-7-14-15-10;/h1-8,12H,13H2,(H,14,15);1H. The lowest BCUT2D eigenvalue weighted by Crippen LogP contribution is -2.34. The number of nitrogens with one attached hydrogen (secondary N) is 1. The Labute approximate surface area is 120 Å². The van der Waals surface area contributed by atoms with E-state index in [0.717, 1.165) is 17.1 Å². The highest BCUT2D eigenvalue weighted by molar-refractivity contribution is 8.93. The Morgan fingerprint density at radius 2 is 2.00 bits per heavy atom. The van der Waals surface area contributed by atoms with Gasteiger partial charge in [0, 0.05) is 17.3 Å². The SMILES string of the molecule is Br.NC1SC=C(c2ccn[nH]2)N1c1ccccc1. The van der Waals surface area contributed by atoms with Crippen LogP contribution in [0.4, 0.5) is 5.69 Å². The van der Waals surface area contributed by atoms with Crippen LogP contribution in [0.25, 0.3) is 5.70 Å². The summed E-state index contributed by atoms with van der Waals surface area (Å²) in [6.45, 7) is 0. The van der Waals surface area contributed by atoms with Crippen molar-refractivity contribution in [2.24, 2.45) is 5.73 Å². The summed E-state index contributed by atoms with van der Waals surface area (Å²) in [7, 11) is 0. The van der Waals surface area contributed by atoms with Gasteiger partial charge in [0.25, 0.3) is 0 Å². The van der Waals surface area contributed by atoms with Crippen molar-refractivity contribution in [1.29, 1.82) is 0 Å². The first-order chi connectivity index (χ1) is 8.36. The Balaban J connectivity index is 0.00000120. The monoisotopic (exact) mass is 324 g/mol. The molecule has 0 saturated heterocycles. The van der Waals surface area contributed by atoms with Crippen LogP contribution in [0.1, 0.15) is 5.69 Å². The molecular formula is C12H13BrN4S. The zero-order chi connectivity index (χ0) is 11.7. The number of aromatic amines is 1. The van der Waals surface area contributed by atoms with Gasteiger partial charge in [-0.3, -0.25) is 5.10 Å². The first-order valence-corrected chi connectivity index (χ1v) is 6.26. The van der Waals surface area contributed by atoms with Crippen molar-refractivity contribution in [3.8, 4) is 0 Å². The van der Waals surface area contributed by atoms with Crippen LogP contribution in [0.2, 0.25) is 0 Å². The second kappa shape index (κ2) is 5.60. The number of thioether (sulfide) groups is 1. The second-order valence-electron chi connectivity index (χ2n) is 3.71. The summed E-state index contributed by atoms with van der Waals surface area (Å²) in [4.78, 5) is 2.10. The molecule has 3 rings (SSSR count). The van der Waals surface area contributed by atoms with Gasteiger partial charge in [-0.05, 0) is 18.2 Å². The molecule has 1 aliphatic rings. The number of anilines is 1. The first-order valence-electron chi connectivity index (χ1n) is 5.31. The summed E-state index contributed by atoms with van der Waals surface area (Å²) in [6.07, 6.45) is 1.74. The number of benzene rings is 1. The molecule has 0 radical (unpaired) electrons. The van der Waals surface area contributed by atoms with Crippen molar-refractivity contribution in [2.75, 3.05) is 4.90 Å². The Morgan fingerprint density at radius 1 is 1.22 bits per heavy atom. The fourth-order valence-corrected chi connectivity index (χ4v) is 2.72. The third kappa shape index (κ3) is 2.31. The maximum atomic E-state index is 6.11. The number of hydrogen-bond donors (Lipinski definition) is 2. The minimum Gasteiger partial charge on any atom is -0.314 e. The summed E-state index contributed by atoms with van der Waals surface area (Å²) in [5.74, 6) is 0. The van der Waals surface area contributed by atoms with Crippen molar-refractivity contribution in [2.45, 2.75) is 5.50 Å². The van der Waals surface area contributed by atoms with E-state index in [4.69, 9.17) is 5.73 Å². The number of para-hydroxylation sites is 1. The lowest BCUT2D eigenvalue weighted by molar-refractivity contribution is 0.929. The molecule has 1 aliphatic heterocycles. The molecule has 1 aromatic heterocycles. The van der Waals surface area contributed by atoms with Crippen molar-refractivity contribution in [1.82, 2.24) is 10.2 Å². The maximum absolute atomic E-state index is 6.11. The molecule has 3 N–H and O–H groups in total. The maximum Gasteiger partial charge on any atom is 0.134 e. The summed E-state index contributed by atoms with van der Waals surface area (Å²) in [5, 5.41) is 9.01. The predicted octanol–water partition coefficient (Wildman–Crippen LogP) is 2.78. The molecule has 0 amide bonds. The number of rotatable bonds is 2. The lowest BCUT2D eigenvalue weighted by Gasteiger charge is -2.25. The van der Waals surface area contributed by atoms with Gasteiger partial charge in [-0.15, -0.1) is 17.0 Å². The molecule has 4 nitrogen and oxygen atoms in total. The molecule has 0 bridgehead atoms. The van der Waals surface area contributed by atoms with E-state index < -0.39 is 0 Å². The topological polar surface area (TPSA) is 57.9 Å². The van der Waals surface area contributed by atoms with Crippen LogP contribution >= 0.6 is 28.7 Å². The van der Waals surface area contributed by atoms with Gasteiger partial charge in [-0.1, -0.05) is 30.0 Å². The van der Waals surface area contributed by atoms with Gasteiger partial charge in [-0.2, -0.15) is 5.10 Å².